The van der Waals surface area contributed by atoms with Crippen molar-refractivity contribution in [3.05, 3.63) is 56.9 Å². The number of carbonyl (C=O) groups is 1. The number of benzene rings is 1. The molecule has 0 amide bonds. The van der Waals surface area contributed by atoms with E-state index in [2.05, 4.69) is 15.9 Å². The van der Waals surface area contributed by atoms with E-state index in [0.29, 0.717) is 27.9 Å². The number of hydrogen-bond acceptors (Lipinski definition) is 4. The molecule has 0 fully saturated rings. The van der Waals surface area contributed by atoms with Crippen molar-refractivity contribution in [3.63, 3.8) is 0 Å². The van der Waals surface area contributed by atoms with Crippen LogP contribution in [0, 0.1) is 0 Å². The summed E-state index contributed by atoms with van der Waals surface area (Å²) in [6, 6.07) is 8.21. The second-order valence-electron chi connectivity index (χ2n) is 4.63. The number of aromatic nitrogens is 1. The molecule has 5 nitrogen and oxygen atoms in total. The summed E-state index contributed by atoms with van der Waals surface area (Å²) in [7, 11) is 0. The van der Waals surface area contributed by atoms with Crippen LogP contribution in [0.1, 0.15) is 29.5 Å². The number of rotatable bonds is 4. The van der Waals surface area contributed by atoms with Gasteiger partial charge < -0.3 is 8.83 Å². The Labute approximate surface area is 128 Å². The number of ketones is 1. The predicted molar refractivity (Wildman–Crippen MR) is 80.6 cm³/mol. The molecule has 1 aromatic carbocycles. The molecule has 0 saturated carbocycles. The van der Waals surface area contributed by atoms with E-state index < -0.39 is 5.76 Å². The van der Waals surface area contributed by atoms with Gasteiger partial charge in [-0.1, -0.05) is 6.92 Å². The predicted octanol–water partition coefficient (Wildman–Crippen LogP) is 3.59. The van der Waals surface area contributed by atoms with Gasteiger partial charge in [-0.25, -0.2) is 4.79 Å². The zero-order valence-corrected chi connectivity index (χ0v) is 12.8. The lowest BCUT2D eigenvalue weighted by atomic mass is 10.1. The number of fused-ring (bicyclic) bond motifs is 1. The molecule has 3 aromatic rings. The average molecular weight is 350 g/mol. The minimum Gasteiger partial charge on any atom is -0.446 e. The van der Waals surface area contributed by atoms with Crippen LogP contribution < -0.4 is 5.76 Å². The normalized spacial score (nSPS) is 11.1. The molecule has 21 heavy (non-hydrogen) atoms. The Kier molecular flexibility index (Phi) is 3.55. The van der Waals surface area contributed by atoms with Crippen LogP contribution in [0.4, 0.5) is 0 Å². The Balaban J connectivity index is 2.06. The van der Waals surface area contributed by atoms with E-state index >= 15 is 0 Å². The quantitative estimate of drug-likeness (QED) is 0.675. The van der Waals surface area contributed by atoms with Crippen LogP contribution in [0.5, 0.6) is 0 Å². The minimum absolute atomic E-state index is 0.233. The van der Waals surface area contributed by atoms with Crippen LogP contribution in [-0.4, -0.2) is 10.4 Å². The number of furan rings is 1. The minimum atomic E-state index is -0.405. The van der Waals surface area contributed by atoms with Crippen molar-refractivity contribution >= 4 is 32.8 Å². The maximum absolute atomic E-state index is 12.3. The monoisotopic (exact) mass is 349 g/mol. The molecule has 3 rings (SSSR count). The molecule has 0 aliphatic heterocycles. The van der Waals surface area contributed by atoms with Crippen molar-refractivity contribution in [2.75, 3.05) is 0 Å². The zero-order chi connectivity index (χ0) is 15.0. The Morgan fingerprint density at radius 3 is 2.71 bits per heavy atom. The zero-order valence-electron chi connectivity index (χ0n) is 11.3. The van der Waals surface area contributed by atoms with Crippen molar-refractivity contribution in [2.45, 2.75) is 19.9 Å². The molecule has 6 heteroatoms. The SMILES string of the molecule is CCCn1c(=O)oc2cc(C(=O)c3ccc(Br)o3)ccc21. The van der Waals surface area contributed by atoms with E-state index in [0.717, 1.165) is 6.42 Å². The maximum Gasteiger partial charge on any atom is 0.419 e. The molecule has 0 unspecified atom stereocenters. The first-order valence-corrected chi connectivity index (χ1v) is 7.33. The molecule has 2 heterocycles. The van der Waals surface area contributed by atoms with Gasteiger partial charge in [-0.3, -0.25) is 9.36 Å². The molecule has 0 aliphatic rings. The van der Waals surface area contributed by atoms with Crippen molar-refractivity contribution in [2.24, 2.45) is 0 Å². The molecule has 0 atom stereocenters. The van der Waals surface area contributed by atoms with Gasteiger partial charge in [0, 0.05) is 12.1 Å². The van der Waals surface area contributed by atoms with E-state index in [1.165, 1.54) is 0 Å². The number of nitrogens with zero attached hydrogens (tertiary/aromatic N) is 1. The van der Waals surface area contributed by atoms with Gasteiger partial charge in [0.2, 0.25) is 5.78 Å². The van der Waals surface area contributed by atoms with Gasteiger partial charge >= 0.3 is 5.76 Å². The molecule has 0 spiro atoms. The number of oxazole rings is 1. The molecule has 2 aromatic heterocycles. The second kappa shape index (κ2) is 5.37. The van der Waals surface area contributed by atoms with Crippen LogP contribution >= 0.6 is 15.9 Å². The lowest BCUT2D eigenvalue weighted by Gasteiger charge is -2.00. The first-order chi connectivity index (χ1) is 10.1. The largest absolute Gasteiger partial charge is 0.446 e. The van der Waals surface area contributed by atoms with Crippen molar-refractivity contribution in [1.82, 2.24) is 4.57 Å². The summed E-state index contributed by atoms with van der Waals surface area (Å²) < 4.78 is 12.5. The molecular formula is C15H12BrNO4. The van der Waals surface area contributed by atoms with E-state index in [9.17, 15) is 9.59 Å². The number of halogens is 1. The van der Waals surface area contributed by atoms with Gasteiger partial charge in [0.15, 0.2) is 16.0 Å². The van der Waals surface area contributed by atoms with Crippen molar-refractivity contribution in [1.29, 1.82) is 0 Å². The lowest BCUT2D eigenvalue weighted by molar-refractivity contribution is 0.101. The van der Waals surface area contributed by atoms with Crippen LogP contribution in [0.2, 0.25) is 0 Å². The van der Waals surface area contributed by atoms with Gasteiger partial charge in [-0.05, 0) is 52.7 Å². The lowest BCUT2D eigenvalue weighted by Crippen LogP contribution is -2.13. The fourth-order valence-corrected chi connectivity index (χ4v) is 2.53. The van der Waals surface area contributed by atoms with E-state index in [4.69, 9.17) is 8.83 Å². The van der Waals surface area contributed by atoms with Crippen molar-refractivity contribution < 1.29 is 13.6 Å². The molecule has 108 valence electrons. The molecule has 0 N–H and O–H groups in total. The summed E-state index contributed by atoms with van der Waals surface area (Å²) in [5, 5.41) is 0. The highest BCUT2D eigenvalue weighted by atomic mass is 79.9. The third-order valence-corrected chi connectivity index (χ3v) is 3.60. The van der Waals surface area contributed by atoms with Crippen LogP contribution in [0.25, 0.3) is 11.1 Å². The van der Waals surface area contributed by atoms with E-state index in [-0.39, 0.29) is 11.5 Å². The Morgan fingerprint density at radius 2 is 2.05 bits per heavy atom. The average Bonchev–Trinajstić information content (AvgIpc) is 3.02. The highest BCUT2D eigenvalue weighted by molar-refractivity contribution is 9.10. The third-order valence-electron chi connectivity index (χ3n) is 3.17. The Bertz CT molecular complexity index is 871. The highest BCUT2D eigenvalue weighted by Gasteiger charge is 2.16. The number of aryl methyl sites for hydroxylation is 1. The molecule has 0 radical (unpaired) electrons. The number of carbonyl (C=O) groups excluding carboxylic acids is 1. The maximum atomic E-state index is 12.3. The summed E-state index contributed by atoms with van der Waals surface area (Å²) >= 11 is 3.16. The summed E-state index contributed by atoms with van der Waals surface area (Å²) in [6.45, 7) is 2.57. The summed E-state index contributed by atoms with van der Waals surface area (Å²) in [6.07, 6.45) is 0.829. The number of hydrogen-bond donors (Lipinski definition) is 0. The second-order valence-corrected chi connectivity index (χ2v) is 5.42. The van der Waals surface area contributed by atoms with Crippen molar-refractivity contribution in [3.8, 4) is 0 Å². The van der Waals surface area contributed by atoms with Crippen LogP contribution in [0.3, 0.4) is 0 Å². The third kappa shape index (κ3) is 2.47. The highest BCUT2D eigenvalue weighted by Crippen LogP contribution is 2.21. The summed E-state index contributed by atoms with van der Waals surface area (Å²) in [4.78, 5) is 24.0. The summed E-state index contributed by atoms with van der Waals surface area (Å²) in [5.74, 6) is -0.428. The van der Waals surface area contributed by atoms with E-state index in [1.807, 2.05) is 6.92 Å². The van der Waals surface area contributed by atoms with Gasteiger partial charge in [0.05, 0.1) is 5.52 Å². The standard InChI is InChI=1S/C15H12BrNO4/c1-2-7-17-10-4-3-9(8-12(10)21-15(17)19)14(18)11-5-6-13(16)20-11/h3-6,8H,2,7H2,1H3. The molecule has 0 bridgehead atoms. The first kappa shape index (κ1) is 13.9. The molecule has 0 saturated heterocycles. The fourth-order valence-electron chi connectivity index (χ4n) is 2.22. The topological polar surface area (TPSA) is 65.3 Å². The van der Waals surface area contributed by atoms with Gasteiger partial charge in [0.25, 0.3) is 0 Å². The van der Waals surface area contributed by atoms with Crippen LogP contribution in [-0.2, 0) is 6.54 Å². The van der Waals surface area contributed by atoms with Gasteiger partial charge in [-0.15, -0.1) is 0 Å². The van der Waals surface area contributed by atoms with Gasteiger partial charge in [0.1, 0.15) is 0 Å². The molecular weight excluding hydrogens is 338 g/mol. The Hall–Kier alpha value is -2.08. The smallest absolute Gasteiger partial charge is 0.419 e. The van der Waals surface area contributed by atoms with Crippen LogP contribution in [0.15, 0.2) is 48.6 Å². The first-order valence-electron chi connectivity index (χ1n) is 6.53. The van der Waals surface area contributed by atoms with Gasteiger partial charge in [-0.2, -0.15) is 0 Å². The fraction of sp³-hybridized carbons (Fsp3) is 0.200. The molecule has 0 aliphatic carbocycles. The summed E-state index contributed by atoms with van der Waals surface area (Å²) in [5.41, 5.74) is 1.52. The Morgan fingerprint density at radius 1 is 1.24 bits per heavy atom. The van der Waals surface area contributed by atoms with E-state index in [1.54, 1.807) is 34.9 Å².